The Balaban J connectivity index is 2.73. The van der Waals surface area contributed by atoms with E-state index in [1.54, 1.807) is 38.1 Å². The van der Waals surface area contributed by atoms with Crippen LogP contribution in [0.4, 0.5) is 5.69 Å². The third kappa shape index (κ3) is 6.10. The highest BCUT2D eigenvalue weighted by atomic mass is 16.4. The number of amides is 2. The number of aliphatic carboxylic acids is 1. The predicted octanol–water partition coefficient (Wildman–Crippen LogP) is 2.51. The Kier molecular flexibility index (Phi) is 6.75. The van der Waals surface area contributed by atoms with E-state index in [0.717, 1.165) is 0 Å². The molecule has 23 heavy (non-hydrogen) atoms. The molecule has 0 heterocycles. The van der Waals surface area contributed by atoms with Crippen molar-refractivity contribution in [1.82, 2.24) is 5.32 Å². The van der Waals surface area contributed by atoms with Gasteiger partial charge in [0.05, 0.1) is 0 Å². The highest BCUT2D eigenvalue weighted by Gasteiger charge is 2.21. The first-order valence-corrected chi connectivity index (χ1v) is 7.65. The van der Waals surface area contributed by atoms with E-state index < -0.39 is 17.9 Å². The predicted molar refractivity (Wildman–Crippen MR) is 88.3 cm³/mol. The minimum atomic E-state index is -1.05. The molecule has 0 unspecified atom stereocenters. The number of hydrogen-bond donors (Lipinski definition) is 3. The van der Waals surface area contributed by atoms with E-state index in [0.29, 0.717) is 17.7 Å². The highest BCUT2D eigenvalue weighted by molar-refractivity contribution is 5.97. The van der Waals surface area contributed by atoms with Crippen molar-refractivity contribution in [2.45, 2.75) is 40.2 Å². The molecule has 0 bridgehead atoms. The molecule has 1 aromatic rings. The Hall–Kier alpha value is -2.37. The molecule has 1 aromatic carbocycles. The number of rotatable bonds is 7. The van der Waals surface area contributed by atoms with Crippen LogP contribution in [0.15, 0.2) is 24.3 Å². The molecule has 0 fully saturated rings. The fourth-order valence-corrected chi connectivity index (χ4v) is 1.93. The molecular weight excluding hydrogens is 296 g/mol. The van der Waals surface area contributed by atoms with Gasteiger partial charge in [0, 0.05) is 17.2 Å². The van der Waals surface area contributed by atoms with Crippen LogP contribution in [0.5, 0.6) is 0 Å². The molecule has 1 rings (SSSR count). The van der Waals surface area contributed by atoms with Crippen LogP contribution in [0.25, 0.3) is 0 Å². The van der Waals surface area contributed by atoms with Gasteiger partial charge in [-0.05, 0) is 36.6 Å². The van der Waals surface area contributed by atoms with Crippen molar-refractivity contribution in [2.24, 2.45) is 11.8 Å². The number of nitrogens with one attached hydrogen (secondary N) is 2. The van der Waals surface area contributed by atoms with E-state index in [1.165, 1.54) is 0 Å². The number of carbonyl (C=O) groups excluding carboxylic acids is 2. The van der Waals surface area contributed by atoms with Crippen LogP contribution in [0.1, 0.15) is 44.5 Å². The summed E-state index contributed by atoms with van der Waals surface area (Å²) in [6.45, 7) is 7.37. The molecule has 6 nitrogen and oxygen atoms in total. The van der Waals surface area contributed by atoms with E-state index in [1.807, 2.05) is 13.8 Å². The standard InChI is InChI=1S/C17H24N2O4/c1-10(2)9-14(17(22)23)19-16(21)12-5-7-13(8-6-12)18-15(20)11(3)4/h5-8,10-11,14H,9H2,1-4H3,(H,18,20)(H,19,21)(H,22,23)/t14-/m0/s1. The maximum atomic E-state index is 12.1. The molecule has 0 radical (unpaired) electrons. The summed E-state index contributed by atoms with van der Waals surface area (Å²) in [7, 11) is 0. The molecular formula is C17H24N2O4. The lowest BCUT2D eigenvalue weighted by atomic mass is 10.0. The Labute approximate surface area is 136 Å². The van der Waals surface area contributed by atoms with Gasteiger partial charge < -0.3 is 15.7 Å². The average Bonchev–Trinajstić information content (AvgIpc) is 2.46. The van der Waals surface area contributed by atoms with Gasteiger partial charge in [0.15, 0.2) is 0 Å². The lowest BCUT2D eigenvalue weighted by Crippen LogP contribution is -2.41. The minimum absolute atomic E-state index is 0.106. The molecule has 0 saturated carbocycles. The van der Waals surface area contributed by atoms with Crippen molar-refractivity contribution in [2.75, 3.05) is 5.32 Å². The first-order chi connectivity index (χ1) is 10.7. The van der Waals surface area contributed by atoms with E-state index in [4.69, 9.17) is 5.11 Å². The maximum absolute atomic E-state index is 12.1. The van der Waals surface area contributed by atoms with Gasteiger partial charge in [-0.25, -0.2) is 4.79 Å². The van der Waals surface area contributed by atoms with E-state index in [9.17, 15) is 14.4 Å². The van der Waals surface area contributed by atoms with Gasteiger partial charge >= 0.3 is 5.97 Å². The summed E-state index contributed by atoms with van der Waals surface area (Å²) in [4.78, 5) is 34.9. The van der Waals surface area contributed by atoms with Gasteiger partial charge in [-0.2, -0.15) is 0 Å². The first-order valence-electron chi connectivity index (χ1n) is 7.65. The van der Waals surface area contributed by atoms with E-state index in [-0.39, 0.29) is 17.7 Å². The number of benzene rings is 1. The van der Waals surface area contributed by atoms with Crippen molar-refractivity contribution in [1.29, 1.82) is 0 Å². The van der Waals surface area contributed by atoms with E-state index >= 15 is 0 Å². The Bertz CT molecular complexity index is 564. The van der Waals surface area contributed by atoms with Crippen LogP contribution >= 0.6 is 0 Å². The largest absolute Gasteiger partial charge is 0.480 e. The molecule has 6 heteroatoms. The Morgan fingerprint density at radius 3 is 2.04 bits per heavy atom. The molecule has 1 atom stereocenters. The molecule has 3 N–H and O–H groups in total. The van der Waals surface area contributed by atoms with Gasteiger partial charge in [0.25, 0.3) is 5.91 Å². The summed E-state index contributed by atoms with van der Waals surface area (Å²) in [6.07, 6.45) is 0.365. The third-order valence-corrected chi connectivity index (χ3v) is 3.25. The normalized spacial score (nSPS) is 12.1. The van der Waals surface area contributed by atoms with Crippen LogP contribution in [0, 0.1) is 11.8 Å². The fourth-order valence-electron chi connectivity index (χ4n) is 1.93. The second kappa shape index (κ2) is 8.31. The lowest BCUT2D eigenvalue weighted by molar-refractivity contribution is -0.139. The zero-order valence-corrected chi connectivity index (χ0v) is 13.9. The molecule has 0 saturated heterocycles. The second-order valence-corrected chi connectivity index (χ2v) is 6.22. The summed E-state index contributed by atoms with van der Waals surface area (Å²) in [5.41, 5.74) is 0.944. The fraction of sp³-hybridized carbons (Fsp3) is 0.471. The number of carboxylic acid groups (broad SMARTS) is 1. The number of anilines is 1. The van der Waals surface area contributed by atoms with Crippen LogP contribution in [-0.2, 0) is 9.59 Å². The number of hydrogen-bond acceptors (Lipinski definition) is 3. The zero-order valence-electron chi connectivity index (χ0n) is 13.9. The van der Waals surface area contributed by atoms with Gasteiger partial charge in [-0.3, -0.25) is 9.59 Å². The first kappa shape index (κ1) is 18.7. The summed E-state index contributed by atoms with van der Waals surface area (Å²) < 4.78 is 0. The van der Waals surface area contributed by atoms with Gasteiger partial charge in [0.2, 0.25) is 5.91 Å². The number of carbonyl (C=O) groups is 3. The number of carboxylic acids is 1. The summed E-state index contributed by atoms with van der Waals surface area (Å²) >= 11 is 0. The van der Waals surface area contributed by atoms with Crippen molar-refractivity contribution in [3.8, 4) is 0 Å². The summed E-state index contributed by atoms with van der Waals surface area (Å²) in [6, 6.07) is 5.43. The third-order valence-electron chi connectivity index (χ3n) is 3.25. The van der Waals surface area contributed by atoms with Crippen LogP contribution in [0.3, 0.4) is 0 Å². The van der Waals surface area contributed by atoms with Gasteiger partial charge in [-0.1, -0.05) is 27.7 Å². The van der Waals surface area contributed by atoms with Gasteiger partial charge in [0.1, 0.15) is 6.04 Å². The molecule has 0 spiro atoms. The van der Waals surface area contributed by atoms with Crippen molar-refractivity contribution < 1.29 is 19.5 Å². The van der Waals surface area contributed by atoms with Crippen LogP contribution in [0.2, 0.25) is 0 Å². The van der Waals surface area contributed by atoms with E-state index in [2.05, 4.69) is 10.6 Å². The van der Waals surface area contributed by atoms with Crippen molar-refractivity contribution in [3.05, 3.63) is 29.8 Å². The Morgan fingerprint density at radius 1 is 1.04 bits per heavy atom. The smallest absolute Gasteiger partial charge is 0.326 e. The molecule has 0 aromatic heterocycles. The van der Waals surface area contributed by atoms with Crippen molar-refractivity contribution >= 4 is 23.5 Å². The molecule has 0 aliphatic rings. The van der Waals surface area contributed by atoms with Crippen LogP contribution in [-0.4, -0.2) is 28.9 Å². The average molecular weight is 320 g/mol. The maximum Gasteiger partial charge on any atom is 0.326 e. The quantitative estimate of drug-likeness (QED) is 0.719. The topological polar surface area (TPSA) is 95.5 Å². The van der Waals surface area contributed by atoms with Crippen molar-refractivity contribution in [3.63, 3.8) is 0 Å². The summed E-state index contributed by atoms with van der Waals surface area (Å²) in [5, 5.41) is 14.4. The highest BCUT2D eigenvalue weighted by Crippen LogP contribution is 2.12. The molecule has 0 aliphatic heterocycles. The van der Waals surface area contributed by atoms with Gasteiger partial charge in [-0.15, -0.1) is 0 Å². The SMILES string of the molecule is CC(C)C[C@H](NC(=O)c1ccc(NC(=O)C(C)C)cc1)C(=O)O. The molecule has 126 valence electrons. The molecule has 2 amide bonds. The minimum Gasteiger partial charge on any atom is -0.480 e. The molecule has 0 aliphatic carbocycles. The second-order valence-electron chi connectivity index (χ2n) is 6.22. The monoisotopic (exact) mass is 320 g/mol. The summed E-state index contributed by atoms with van der Waals surface area (Å²) in [5.74, 6) is -1.58. The van der Waals surface area contributed by atoms with Crippen LogP contribution < -0.4 is 10.6 Å². The lowest BCUT2D eigenvalue weighted by Gasteiger charge is -2.16. The Morgan fingerprint density at radius 2 is 1.61 bits per heavy atom. The zero-order chi connectivity index (χ0) is 17.6.